The summed E-state index contributed by atoms with van der Waals surface area (Å²) < 4.78 is 5.01. The van der Waals surface area contributed by atoms with Gasteiger partial charge in [-0.3, -0.25) is 4.79 Å². The molecule has 1 saturated carbocycles. The molecule has 1 fully saturated rings. The summed E-state index contributed by atoms with van der Waals surface area (Å²) in [6.45, 7) is -0.214. The van der Waals surface area contributed by atoms with Crippen molar-refractivity contribution in [3.63, 3.8) is 0 Å². The largest absolute Gasteiger partial charge is 0.479 e. The Morgan fingerprint density at radius 3 is 2.64 bits per heavy atom. The number of hydrogen-bond donors (Lipinski definition) is 3. The normalized spacial score (nSPS) is 17.5. The van der Waals surface area contributed by atoms with Crippen LogP contribution in [0.15, 0.2) is 0 Å². The van der Waals surface area contributed by atoms with Gasteiger partial charge in [0.05, 0.1) is 6.54 Å². The fraction of sp³-hybridized carbons (Fsp3) is 0.750. The molecule has 1 rings (SSSR count). The third-order valence-electron chi connectivity index (χ3n) is 2.01. The second kappa shape index (κ2) is 4.92. The lowest BCUT2D eigenvalue weighted by atomic mass is 10.2. The maximum absolute atomic E-state index is 10.7. The Kier molecular flexibility index (Phi) is 3.84. The Balaban J connectivity index is 2.20. The van der Waals surface area contributed by atoms with Crippen molar-refractivity contribution in [2.24, 2.45) is 11.7 Å². The van der Waals surface area contributed by atoms with Crippen molar-refractivity contribution in [2.45, 2.75) is 18.9 Å². The molecule has 80 valence electrons. The molecule has 0 unspecified atom stereocenters. The highest BCUT2D eigenvalue weighted by molar-refractivity contribution is 5.77. The van der Waals surface area contributed by atoms with Crippen molar-refractivity contribution < 1.29 is 19.4 Å². The van der Waals surface area contributed by atoms with E-state index in [1.54, 1.807) is 0 Å². The van der Waals surface area contributed by atoms with Crippen molar-refractivity contribution in [1.82, 2.24) is 5.32 Å². The zero-order valence-corrected chi connectivity index (χ0v) is 7.73. The van der Waals surface area contributed by atoms with E-state index in [9.17, 15) is 9.59 Å². The minimum atomic E-state index is -0.977. The van der Waals surface area contributed by atoms with E-state index in [1.807, 2.05) is 0 Å². The molecular weight excluding hydrogens is 188 g/mol. The van der Waals surface area contributed by atoms with Gasteiger partial charge in [-0.15, -0.1) is 0 Å². The van der Waals surface area contributed by atoms with E-state index in [0.717, 1.165) is 12.8 Å². The molecule has 1 atom stereocenters. The number of carbonyl (C=O) groups excluding carboxylic acids is 1. The smallest absolute Gasteiger partial charge is 0.333 e. The predicted octanol–water partition coefficient (Wildman–Crippen LogP) is -1.10. The van der Waals surface area contributed by atoms with Gasteiger partial charge in [-0.1, -0.05) is 0 Å². The van der Waals surface area contributed by atoms with Crippen molar-refractivity contribution in [3.8, 4) is 0 Å². The predicted molar refractivity (Wildman–Crippen MR) is 47.3 cm³/mol. The minimum absolute atomic E-state index is 0.0937. The molecule has 0 aromatic rings. The Morgan fingerprint density at radius 2 is 2.21 bits per heavy atom. The third kappa shape index (κ3) is 3.31. The number of carboxylic acid groups (broad SMARTS) is 1. The van der Waals surface area contributed by atoms with Crippen LogP contribution in [0, 0.1) is 5.92 Å². The summed E-state index contributed by atoms with van der Waals surface area (Å²) in [7, 11) is 0. The van der Waals surface area contributed by atoms with Gasteiger partial charge in [0.25, 0.3) is 0 Å². The summed E-state index contributed by atoms with van der Waals surface area (Å²) in [5, 5.41) is 11.1. The van der Waals surface area contributed by atoms with Gasteiger partial charge in [-0.25, -0.2) is 4.79 Å². The monoisotopic (exact) mass is 202 g/mol. The summed E-state index contributed by atoms with van der Waals surface area (Å²) in [5.74, 6) is -1.23. The molecular formula is C8H14N2O4. The first-order valence-corrected chi connectivity index (χ1v) is 4.46. The summed E-state index contributed by atoms with van der Waals surface area (Å²) in [5.41, 5.74) is 5.04. The number of amides is 1. The average Bonchev–Trinajstić information content (AvgIpc) is 2.94. The number of nitrogens with one attached hydrogen (secondary N) is 1. The molecule has 0 radical (unpaired) electrons. The van der Waals surface area contributed by atoms with Crippen LogP contribution in [0.2, 0.25) is 0 Å². The molecule has 0 heterocycles. The number of rotatable bonds is 6. The van der Waals surface area contributed by atoms with Gasteiger partial charge in [0, 0.05) is 0 Å². The quantitative estimate of drug-likeness (QED) is 0.474. The molecule has 0 bridgehead atoms. The Labute approximate surface area is 81.4 Å². The topological polar surface area (TPSA) is 102 Å². The Hall–Kier alpha value is -1.14. The summed E-state index contributed by atoms with van der Waals surface area (Å²) in [4.78, 5) is 21.3. The fourth-order valence-electron chi connectivity index (χ4n) is 1.09. The summed E-state index contributed by atoms with van der Waals surface area (Å²) >= 11 is 0. The summed E-state index contributed by atoms with van der Waals surface area (Å²) in [6.07, 6.45) is 0.955. The Morgan fingerprint density at radius 1 is 1.57 bits per heavy atom. The lowest BCUT2D eigenvalue weighted by molar-refractivity contribution is -0.153. The first-order chi connectivity index (χ1) is 6.65. The standard InChI is InChI=1S/C8H14N2O4/c9-3-6(11)10-4-14-7(8(12)13)5-1-2-5/h5,7H,1-4,9H2,(H,10,11)(H,12,13)/t7-/m0/s1. The number of nitrogens with two attached hydrogens (primary N) is 1. The molecule has 0 spiro atoms. The zero-order valence-electron chi connectivity index (χ0n) is 7.73. The van der Waals surface area contributed by atoms with Gasteiger partial charge in [0.15, 0.2) is 6.10 Å². The SMILES string of the molecule is NCC(=O)NCO[C@H](C(=O)O)C1CC1. The lowest BCUT2D eigenvalue weighted by Crippen LogP contribution is -2.36. The van der Waals surface area contributed by atoms with E-state index in [4.69, 9.17) is 15.6 Å². The second-order valence-corrected chi connectivity index (χ2v) is 3.21. The van der Waals surface area contributed by atoms with E-state index in [2.05, 4.69) is 5.32 Å². The van der Waals surface area contributed by atoms with E-state index < -0.39 is 12.1 Å². The van der Waals surface area contributed by atoms with Crippen molar-refractivity contribution in [2.75, 3.05) is 13.3 Å². The molecule has 0 aliphatic heterocycles. The molecule has 6 heteroatoms. The van der Waals surface area contributed by atoms with Crippen molar-refractivity contribution in [1.29, 1.82) is 0 Å². The van der Waals surface area contributed by atoms with Crippen LogP contribution >= 0.6 is 0 Å². The van der Waals surface area contributed by atoms with Crippen LogP contribution in [0.3, 0.4) is 0 Å². The summed E-state index contributed by atoms with van der Waals surface area (Å²) in [6, 6.07) is 0. The molecule has 14 heavy (non-hydrogen) atoms. The van der Waals surface area contributed by atoms with E-state index in [1.165, 1.54) is 0 Å². The van der Waals surface area contributed by atoms with Crippen LogP contribution in [0.4, 0.5) is 0 Å². The number of ether oxygens (including phenoxy) is 1. The van der Waals surface area contributed by atoms with Crippen LogP contribution in [0.25, 0.3) is 0 Å². The van der Waals surface area contributed by atoms with Crippen LogP contribution in [0.5, 0.6) is 0 Å². The highest BCUT2D eigenvalue weighted by Gasteiger charge is 2.37. The maximum atomic E-state index is 10.7. The fourth-order valence-corrected chi connectivity index (χ4v) is 1.09. The van der Waals surface area contributed by atoms with Crippen molar-refractivity contribution >= 4 is 11.9 Å². The first kappa shape index (κ1) is 10.9. The van der Waals surface area contributed by atoms with Crippen LogP contribution in [-0.4, -0.2) is 36.4 Å². The van der Waals surface area contributed by atoms with Gasteiger partial charge in [0.1, 0.15) is 6.73 Å². The molecule has 1 aliphatic rings. The molecule has 6 nitrogen and oxygen atoms in total. The third-order valence-corrected chi connectivity index (χ3v) is 2.01. The van der Waals surface area contributed by atoms with Gasteiger partial charge in [-0.2, -0.15) is 0 Å². The molecule has 1 amide bonds. The van der Waals surface area contributed by atoms with Gasteiger partial charge >= 0.3 is 5.97 Å². The molecule has 1 aliphatic carbocycles. The molecule has 0 aromatic carbocycles. The number of aliphatic carboxylic acids is 1. The minimum Gasteiger partial charge on any atom is -0.479 e. The molecule has 0 aromatic heterocycles. The van der Waals surface area contributed by atoms with Gasteiger partial charge < -0.3 is 20.9 Å². The lowest BCUT2D eigenvalue weighted by Gasteiger charge is -2.12. The van der Waals surface area contributed by atoms with Crippen LogP contribution in [-0.2, 0) is 14.3 Å². The van der Waals surface area contributed by atoms with Crippen LogP contribution in [0.1, 0.15) is 12.8 Å². The van der Waals surface area contributed by atoms with E-state index in [-0.39, 0.29) is 25.1 Å². The maximum Gasteiger partial charge on any atom is 0.333 e. The highest BCUT2D eigenvalue weighted by atomic mass is 16.5. The first-order valence-electron chi connectivity index (χ1n) is 4.46. The van der Waals surface area contributed by atoms with E-state index in [0.29, 0.717) is 0 Å². The van der Waals surface area contributed by atoms with Gasteiger partial charge in [0.2, 0.25) is 5.91 Å². The number of carboxylic acids is 1. The average molecular weight is 202 g/mol. The number of carbonyl (C=O) groups is 2. The van der Waals surface area contributed by atoms with E-state index >= 15 is 0 Å². The molecule has 4 N–H and O–H groups in total. The van der Waals surface area contributed by atoms with Gasteiger partial charge in [-0.05, 0) is 18.8 Å². The number of hydrogen-bond acceptors (Lipinski definition) is 4. The van der Waals surface area contributed by atoms with Crippen molar-refractivity contribution in [3.05, 3.63) is 0 Å². The molecule has 0 saturated heterocycles. The Bertz CT molecular complexity index is 227. The second-order valence-electron chi connectivity index (χ2n) is 3.21. The zero-order chi connectivity index (χ0) is 10.6. The highest BCUT2D eigenvalue weighted by Crippen LogP contribution is 2.34. The van der Waals surface area contributed by atoms with Crippen LogP contribution < -0.4 is 11.1 Å².